The van der Waals surface area contributed by atoms with Crippen molar-refractivity contribution in [1.29, 1.82) is 0 Å². The molecule has 1 aromatic carbocycles. The Morgan fingerprint density at radius 3 is 2.42 bits per heavy atom. The maximum absolute atomic E-state index is 12.6. The molecule has 1 aliphatic rings. The number of amides is 1. The zero-order valence-electron chi connectivity index (χ0n) is 14.0. The topological polar surface area (TPSA) is 71.3 Å². The summed E-state index contributed by atoms with van der Waals surface area (Å²) in [5, 5.41) is 12.1. The molecule has 0 bridgehead atoms. The zero-order chi connectivity index (χ0) is 17.3. The summed E-state index contributed by atoms with van der Waals surface area (Å²) in [6.07, 6.45) is 1.83. The molecule has 2 aromatic rings. The van der Waals surface area contributed by atoms with Crippen molar-refractivity contribution in [2.45, 2.75) is 45.2 Å². The minimum absolute atomic E-state index is 0.301. The molecule has 1 fully saturated rings. The maximum Gasteiger partial charge on any atom is 0.329 e. The molecule has 0 aliphatic heterocycles. The number of nitrogens with zero attached hydrogens (tertiary/aromatic N) is 1. The molecule has 0 unspecified atom stereocenters. The second kappa shape index (κ2) is 6.15. The van der Waals surface area contributed by atoms with Crippen molar-refractivity contribution in [2.75, 3.05) is 0 Å². The van der Waals surface area contributed by atoms with E-state index in [1.54, 1.807) is 0 Å². The van der Waals surface area contributed by atoms with Gasteiger partial charge in [-0.05, 0) is 44.7 Å². The number of carbonyl (C=O) groups is 2. The van der Waals surface area contributed by atoms with Crippen LogP contribution in [0.25, 0.3) is 0 Å². The van der Waals surface area contributed by atoms with Crippen molar-refractivity contribution in [2.24, 2.45) is 0 Å². The molecule has 1 saturated carbocycles. The van der Waals surface area contributed by atoms with Crippen LogP contribution in [-0.2, 0) is 11.3 Å². The van der Waals surface area contributed by atoms with Crippen LogP contribution in [-0.4, -0.2) is 27.1 Å². The van der Waals surface area contributed by atoms with Gasteiger partial charge < -0.3 is 15.0 Å². The fraction of sp³-hybridized carbons (Fsp3) is 0.368. The fourth-order valence-corrected chi connectivity index (χ4v) is 3.25. The molecule has 0 atom stereocenters. The van der Waals surface area contributed by atoms with Crippen LogP contribution in [0.2, 0.25) is 0 Å². The van der Waals surface area contributed by atoms with Crippen LogP contribution in [0.1, 0.15) is 46.6 Å². The summed E-state index contributed by atoms with van der Waals surface area (Å²) < 4.78 is 2.08. The van der Waals surface area contributed by atoms with Crippen molar-refractivity contribution in [3.8, 4) is 0 Å². The van der Waals surface area contributed by atoms with E-state index in [4.69, 9.17) is 0 Å². The number of carboxylic acid groups (broad SMARTS) is 1. The number of aliphatic carboxylic acids is 1. The van der Waals surface area contributed by atoms with E-state index in [2.05, 4.69) is 9.88 Å². The van der Waals surface area contributed by atoms with Crippen molar-refractivity contribution in [3.05, 3.63) is 58.9 Å². The molecular formula is C19H22N2O3. The summed E-state index contributed by atoms with van der Waals surface area (Å²) in [5.41, 5.74) is 2.47. The molecule has 126 valence electrons. The van der Waals surface area contributed by atoms with E-state index in [1.807, 2.05) is 50.2 Å². The smallest absolute Gasteiger partial charge is 0.329 e. The first kappa shape index (κ1) is 16.3. The van der Waals surface area contributed by atoms with Gasteiger partial charge in [-0.25, -0.2) is 4.79 Å². The largest absolute Gasteiger partial charge is 0.480 e. The minimum atomic E-state index is -1.08. The van der Waals surface area contributed by atoms with Gasteiger partial charge in [-0.15, -0.1) is 0 Å². The molecule has 1 amide bonds. The van der Waals surface area contributed by atoms with Gasteiger partial charge in [0.2, 0.25) is 0 Å². The third-order valence-corrected chi connectivity index (χ3v) is 4.97. The Morgan fingerprint density at radius 1 is 1.21 bits per heavy atom. The molecule has 1 aliphatic carbocycles. The zero-order valence-corrected chi connectivity index (χ0v) is 14.0. The van der Waals surface area contributed by atoms with E-state index in [9.17, 15) is 14.7 Å². The highest BCUT2D eigenvalue weighted by Gasteiger charge is 2.46. The molecule has 2 N–H and O–H groups in total. The lowest BCUT2D eigenvalue weighted by Gasteiger charge is -2.38. The van der Waals surface area contributed by atoms with E-state index < -0.39 is 11.5 Å². The van der Waals surface area contributed by atoms with Gasteiger partial charge in [-0.2, -0.15) is 0 Å². The molecule has 1 heterocycles. The summed E-state index contributed by atoms with van der Waals surface area (Å²) in [6.45, 7) is 4.55. The highest BCUT2D eigenvalue weighted by atomic mass is 16.4. The summed E-state index contributed by atoms with van der Waals surface area (Å²) in [7, 11) is 0. The third-order valence-electron chi connectivity index (χ3n) is 4.97. The monoisotopic (exact) mass is 326 g/mol. The first-order valence-electron chi connectivity index (χ1n) is 8.19. The molecule has 0 spiro atoms. The number of aryl methyl sites for hydroxylation is 1. The summed E-state index contributed by atoms with van der Waals surface area (Å²) >= 11 is 0. The average Bonchev–Trinajstić information content (AvgIpc) is 2.79. The van der Waals surface area contributed by atoms with Gasteiger partial charge in [-0.1, -0.05) is 30.3 Å². The molecule has 1 aromatic heterocycles. The Kier molecular flexibility index (Phi) is 4.18. The van der Waals surface area contributed by atoms with Crippen LogP contribution in [0, 0.1) is 13.8 Å². The van der Waals surface area contributed by atoms with Gasteiger partial charge in [0.1, 0.15) is 5.54 Å². The molecular weight excluding hydrogens is 304 g/mol. The predicted octanol–water partition coefficient (Wildman–Crippen LogP) is 2.89. The number of aromatic nitrogens is 1. The average molecular weight is 326 g/mol. The van der Waals surface area contributed by atoms with E-state index in [0.717, 1.165) is 23.4 Å². The number of carboxylic acids is 1. The van der Waals surface area contributed by atoms with Crippen LogP contribution in [0.15, 0.2) is 36.4 Å². The summed E-state index contributed by atoms with van der Waals surface area (Å²) in [4.78, 5) is 24.1. The predicted molar refractivity (Wildman–Crippen MR) is 91.1 cm³/mol. The number of nitrogens with one attached hydrogen (secondary N) is 1. The second-order valence-electron chi connectivity index (χ2n) is 6.55. The number of hydrogen-bond acceptors (Lipinski definition) is 2. The summed E-state index contributed by atoms with van der Waals surface area (Å²) in [6, 6.07) is 11.9. The molecule has 5 nitrogen and oxygen atoms in total. The van der Waals surface area contributed by atoms with E-state index >= 15 is 0 Å². The quantitative estimate of drug-likeness (QED) is 0.887. The molecule has 3 rings (SSSR count). The van der Waals surface area contributed by atoms with E-state index in [0.29, 0.717) is 24.9 Å². The van der Waals surface area contributed by atoms with Crippen LogP contribution in [0.3, 0.4) is 0 Å². The maximum atomic E-state index is 12.6. The first-order chi connectivity index (χ1) is 11.4. The Morgan fingerprint density at radius 2 is 1.88 bits per heavy atom. The molecule has 0 saturated heterocycles. The highest BCUT2D eigenvalue weighted by Crippen LogP contribution is 2.32. The fourth-order valence-electron chi connectivity index (χ4n) is 3.25. The Hall–Kier alpha value is -2.56. The van der Waals surface area contributed by atoms with Crippen molar-refractivity contribution in [1.82, 2.24) is 9.88 Å². The van der Waals surface area contributed by atoms with E-state index in [1.165, 1.54) is 0 Å². The van der Waals surface area contributed by atoms with E-state index in [-0.39, 0.29) is 5.91 Å². The van der Waals surface area contributed by atoms with Crippen molar-refractivity contribution < 1.29 is 14.7 Å². The number of hydrogen-bond donors (Lipinski definition) is 2. The number of carbonyl (C=O) groups excluding carboxylic acids is 1. The molecule has 5 heteroatoms. The Labute approximate surface area is 141 Å². The lowest BCUT2D eigenvalue weighted by molar-refractivity contribution is -0.148. The number of benzene rings is 1. The van der Waals surface area contributed by atoms with Crippen LogP contribution in [0.4, 0.5) is 0 Å². The van der Waals surface area contributed by atoms with Gasteiger partial charge in [0.15, 0.2) is 0 Å². The van der Waals surface area contributed by atoms with Gasteiger partial charge in [-0.3, -0.25) is 4.79 Å². The van der Waals surface area contributed by atoms with Gasteiger partial charge in [0.25, 0.3) is 5.91 Å². The lowest BCUT2D eigenvalue weighted by Crippen LogP contribution is -2.59. The van der Waals surface area contributed by atoms with Crippen LogP contribution < -0.4 is 5.32 Å². The summed E-state index contributed by atoms with van der Waals surface area (Å²) in [5.74, 6) is -1.25. The lowest BCUT2D eigenvalue weighted by atomic mass is 9.76. The normalized spacial score (nSPS) is 15.6. The van der Waals surface area contributed by atoms with Crippen LogP contribution >= 0.6 is 0 Å². The van der Waals surface area contributed by atoms with Crippen molar-refractivity contribution in [3.63, 3.8) is 0 Å². The van der Waals surface area contributed by atoms with Gasteiger partial charge in [0.05, 0.1) is 5.56 Å². The first-order valence-corrected chi connectivity index (χ1v) is 8.19. The van der Waals surface area contributed by atoms with Crippen LogP contribution in [0.5, 0.6) is 0 Å². The molecule has 0 radical (unpaired) electrons. The number of rotatable bonds is 5. The van der Waals surface area contributed by atoms with Crippen molar-refractivity contribution >= 4 is 11.9 Å². The highest BCUT2D eigenvalue weighted by molar-refractivity contribution is 5.99. The third kappa shape index (κ3) is 2.82. The Bertz CT molecular complexity index is 773. The molecule has 24 heavy (non-hydrogen) atoms. The SMILES string of the molecule is Cc1cc(C(=O)NC2(C(=O)O)CCC2)c(C)n1Cc1ccccc1. The van der Waals surface area contributed by atoms with Gasteiger partial charge >= 0.3 is 5.97 Å². The minimum Gasteiger partial charge on any atom is -0.480 e. The standard InChI is InChI=1S/C19H22N2O3/c1-13-11-16(17(22)20-19(18(23)24)9-6-10-19)14(2)21(13)12-15-7-4-3-5-8-15/h3-5,7-8,11H,6,9-10,12H2,1-2H3,(H,20,22)(H,23,24). The Balaban J connectivity index is 1.83. The second-order valence-corrected chi connectivity index (χ2v) is 6.55. The van der Waals surface area contributed by atoms with Gasteiger partial charge in [0, 0.05) is 17.9 Å².